The molecule has 0 aromatic carbocycles. The van der Waals surface area contributed by atoms with Crippen LogP contribution in [0.5, 0.6) is 0 Å². The number of nitroso groups, excluding NO2 is 1. The highest BCUT2D eigenvalue weighted by atomic mass is 35.5. The molecule has 0 bridgehead atoms. The molecule has 2 heterocycles. The number of likely N-dealkylation sites (tertiary alicyclic amines) is 1. The van der Waals surface area contributed by atoms with Gasteiger partial charge in [0.25, 0.3) is 5.91 Å². The third kappa shape index (κ3) is 5.88. The van der Waals surface area contributed by atoms with E-state index in [0.717, 1.165) is 31.6 Å². The van der Waals surface area contributed by atoms with Crippen molar-refractivity contribution in [3.63, 3.8) is 0 Å². The lowest BCUT2D eigenvalue weighted by Crippen LogP contribution is -2.59. The smallest absolute Gasteiger partial charge is 0.330 e. The maximum Gasteiger partial charge on any atom is 0.330 e. The summed E-state index contributed by atoms with van der Waals surface area (Å²) >= 11 is 0.823. The minimum absolute atomic E-state index is 0. The topological polar surface area (TPSA) is 101 Å². The first kappa shape index (κ1) is 23.3. The molecule has 1 aliphatic rings. The Hall–Kier alpha value is -1.71. The van der Waals surface area contributed by atoms with E-state index in [1.807, 2.05) is 0 Å². The molecule has 0 spiro atoms. The first-order valence-electron chi connectivity index (χ1n) is 8.67. The van der Waals surface area contributed by atoms with Crippen molar-refractivity contribution >= 4 is 36.2 Å². The van der Waals surface area contributed by atoms with E-state index in [4.69, 9.17) is 4.74 Å². The maximum atomic E-state index is 12.6. The van der Waals surface area contributed by atoms with Crippen molar-refractivity contribution in [2.75, 3.05) is 26.2 Å². The minimum atomic E-state index is -0.961. The lowest BCUT2D eigenvalue weighted by atomic mass is 9.87. The number of amides is 1. The zero-order valence-corrected chi connectivity index (χ0v) is 17.1. The number of nitrogens with zero attached hydrogens (tertiary/aromatic N) is 3. The number of halogens is 1. The Morgan fingerprint density at radius 1 is 1.41 bits per heavy atom. The maximum absolute atomic E-state index is 12.6. The average molecular weight is 417 g/mol. The van der Waals surface area contributed by atoms with Gasteiger partial charge in [-0.05, 0) is 51.5 Å². The molecule has 8 nitrogen and oxygen atoms in total. The SMILES string of the molecule is CCOC(=O)C(NC(=O)c1cccnc1)C1(SN=O)CCN(CC)CC1.Cl. The predicted octanol–water partition coefficient (Wildman–Crippen LogP) is 2.43. The lowest BCUT2D eigenvalue weighted by molar-refractivity contribution is -0.146. The Bertz CT molecular complexity index is 627. The molecule has 1 unspecified atom stereocenters. The quantitative estimate of drug-likeness (QED) is 0.394. The van der Waals surface area contributed by atoms with Crippen LogP contribution < -0.4 is 5.32 Å². The summed E-state index contributed by atoms with van der Waals surface area (Å²) < 4.78 is 7.36. The van der Waals surface area contributed by atoms with Gasteiger partial charge in [-0.25, -0.2) is 4.79 Å². The number of hydrogen-bond donors (Lipinski definition) is 1. The lowest BCUT2D eigenvalue weighted by Gasteiger charge is -2.42. The molecule has 1 aliphatic heterocycles. The van der Waals surface area contributed by atoms with Crippen molar-refractivity contribution < 1.29 is 14.3 Å². The fraction of sp³-hybridized carbons (Fsp3) is 0.588. The minimum Gasteiger partial charge on any atom is -0.464 e. The molecule has 1 aromatic heterocycles. The molecular formula is C17H25ClN4O4S. The summed E-state index contributed by atoms with van der Waals surface area (Å²) in [7, 11) is 0. The molecule has 0 radical (unpaired) electrons. The first-order chi connectivity index (χ1) is 12.6. The van der Waals surface area contributed by atoms with Crippen molar-refractivity contribution in [1.82, 2.24) is 15.2 Å². The van der Waals surface area contributed by atoms with Gasteiger partial charge in [0.05, 0.1) is 16.9 Å². The number of nitrogens with one attached hydrogen (secondary N) is 1. The van der Waals surface area contributed by atoms with Crippen molar-refractivity contribution in [3.05, 3.63) is 35.0 Å². The van der Waals surface area contributed by atoms with Gasteiger partial charge < -0.3 is 15.0 Å². The third-order valence-corrected chi connectivity index (χ3v) is 5.70. The summed E-state index contributed by atoms with van der Waals surface area (Å²) in [6.45, 7) is 6.28. The van der Waals surface area contributed by atoms with Crippen LogP contribution in [0.3, 0.4) is 0 Å². The second kappa shape index (κ2) is 11.2. The first-order valence-corrected chi connectivity index (χ1v) is 9.44. The molecule has 10 heteroatoms. The normalized spacial score (nSPS) is 17.3. The number of carbonyl (C=O) groups is 2. The highest BCUT2D eigenvalue weighted by Crippen LogP contribution is 2.40. The van der Waals surface area contributed by atoms with Crippen LogP contribution in [0.2, 0.25) is 0 Å². The van der Waals surface area contributed by atoms with Crippen LogP contribution in [-0.2, 0) is 9.53 Å². The van der Waals surface area contributed by atoms with Gasteiger partial charge in [0.15, 0.2) is 0 Å². The van der Waals surface area contributed by atoms with Gasteiger partial charge in [-0.1, -0.05) is 6.92 Å². The van der Waals surface area contributed by atoms with E-state index >= 15 is 0 Å². The van der Waals surface area contributed by atoms with Crippen LogP contribution in [0.1, 0.15) is 37.0 Å². The summed E-state index contributed by atoms with van der Waals surface area (Å²) in [6, 6.07) is 2.30. The van der Waals surface area contributed by atoms with Crippen molar-refractivity contribution in [2.24, 2.45) is 4.58 Å². The van der Waals surface area contributed by atoms with Gasteiger partial charge in [-0.15, -0.1) is 17.3 Å². The Balaban J connectivity index is 0.00000364. The van der Waals surface area contributed by atoms with Gasteiger partial charge in [-0.3, -0.25) is 9.78 Å². The molecule has 150 valence electrons. The zero-order chi connectivity index (χ0) is 19.0. The number of esters is 1. The van der Waals surface area contributed by atoms with Crippen LogP contribution in [0.4, 0.5) is 0 Å². The van der Waals surface area contributed by atoms with Gasteiger partial charge >= 0.3 is 5.97 Å². The molecule has 1 saturated heterocycles. The van der Waals surface area contributed by atoms with Gasteiger partial charge in [0, 0.05) is 28.9 Å². The second-order valence-electron chi connectivity index (χ2n) is 6.07. The Labute approximate surface area is 169 Å². The number of aromatic nitrogens is 1. The molecule has 1 amide bonds. The van der Waals surface area contributed by atoms with Crippen molar-refractivity contribution in [3.8, 4) is 0 Å². The summed E-state index contributed by atoms with van der Waals surface area (Å²) in [5.41, 5.74) is 0.340. The fourth-order valence-electron chi connectivity index (χ4n) is 3.10. The molecular weight excluding hydrogens is 392 g/mol. The fourth-order valence-corrected chi connectivity index (χ4v) is 3.87. The number of hydrogen-bond acceptors (Lipinski definition) is 8. The van der Waals surface area contributed by atoms with E-state index in [1.165, 1.54) is 6.20 Å². The summed E-state index contributed by atoms with van der Waals surface area (Å²) in [5.74, 6) is -0.981. The summed E-state index contributed by atoms with van der Waals surface area (Å²) in [6.07, 6.45) is 4.09. The van der Waals surface area contributed by atoms with Crippen LogP contribution in [0.25, 0.3) is 0 Å². The highest BCUT2D eigenvalue weighted by Gasteiger charge is 2.48. The van der Waals surface area contributed by atoms with E-state index in [0.29, 0.717) is 18.4 Å². The second-order valence-corrected chi connectivity index (χ2v) is 7.21. The van der Waals surface area contributed by atoms with E-state index in [9.17, 15) is 14.5 Å². The van der Waals surface area contributed by atoms with E-state index in [-0.39, 0.29) is 19.0 Å². The summed E-state index contributed by atoms with van der Waals surface area (Å²) in [4.78, 5) is 42.5. The van der Waals surface area contributed by atoms with Crippen molar-refractivity contribution in [1.29, 1.82) is 0 Å². The van der Waals surface area contributed by atoms with E-state index in [1.54, 1.807) is 25.3 Å². The van der Waals surface area contributed by atoms with Gasteiger partial charge in [0.1, 0.15) is 6.04 Å². The number of pyridine rings is 1. The molecule has 2 rings (SSSR count). The molecule has 27 heavy (non-hydrogen) atoms. The van der Waals surface area contributed by atoms with Crippen LogP contribution in [-0.4, -0.2) is 58.8 Å². The standard InChI is InChI=1S/C17H24N4O4S.ClH/c1-3-21-10-7-17(8-11-21,26-20-24)14(16(23)25-4-2)19-15(22)13-6-5-9-18-12-13;/h5-6,9,12,14H,3-4,7-8,10-11H2,1-2H3,(H,19,22);1H. The van der Waals surface area contributed by atoms with Crippen LogP contribution in [0, 0.1) is 4.91 Å². The number of ether oxygens (including phenoxy) is 1. The number of carbonyl (C=O) groups excluding carboxylic acids is 2. The van der Waals surface area contributed by atoms with Gasteiger partial charge in [-0.2, -0.15) is 0 Å². The molecule has 1 atom stereocenters. The van der Waals surface area contributed by atoms with E-state index < -0.39 is 22.7 Å². The predicted molar refractivity (Wildman–Crippen MR) is 107 cm³/mol. The molecule has 1 aromatic rings. The summed E-state index contributed by atoms with van der Waals surface area (Å²) in [5, 5.41) is 2.75. The zero-order valence-electron chi connectivity index (χ0n) is 15.4. The van der Waals surface area contributed by atoms with Crippen LogP contribution in [0.15, 0.2) is 29.1 Å². The molecule has 1 fully saturated rings. The Morgan fingerprint density at radius 3 is 2.63 bits per heavy atom. The van der Waals surface area contributed by atoms with Crippen molar-refractivity contribution in [2.45, 2.75) is 37.5 Å². The van der Waals surface area contributed by atoms with Gasteiger partial charge in [0.2, 0.25) is 0 Å². The third-order valence-electron chi connectivity index (χ3n) is 4.62. The molecule has 0 aliphatic carbocycles. The van der Waals surface area contributed by atoms with E-state index in [2.05, 4.69) is 26.7 Å². The molecule has 1 N–H and O–H groups in total. The van der Waals surface area contributed by atoms with Crippen LogP contribution >= 0.6 is 24.4 Å². The Morgan fingerprint density at radius 2 is 2.11 bits per heavy atom. The largest absolute Gasteiger partial charge is 0.464 e. The number of rotatable bonds is 8. The highest BCUT2D eigenvalue weighted by molar-refractivity contribution is 7.99. The molecule has 0 saturated carbocycles. The Kier molecular flexibility index (Phi) is 9.68. The number of piperidine rings is 1. The monoisotopic (exact) mass is 416 g/mol. The average Bonchev–Trinajstić information content (AvgIpc) is 2.67.